The quantitative estimate of drug-likeness (QED) is 0.228. The van der Waals surface area contributed by atoms with Crippen molar-refractivity contribution < 1.29 is 38.5 Å². The van der Waals surface area contributed by atoms with Crippen LogP contribution < -0.4 is 21.2 Å². The minimum atomic E-state index is -6.00. The lowest BCUT2D eigenvalue weighted by molar-refractivity contribution is -0.535. The molecule has 2 aromatic carbocycles. The Bertz CT molecular complexity index is 597. The van der Waals surface area contributed by atoms with E-state index in [2.05, 4.69) is 70.5 Å². The van der Waals surface area contributed by atoms with Gasteiger partial charge in [0.15, 0.2) is 3.93 Å². The van der Waals surface area contributed by atoms with Gasteiger partial charge in [0.05, 0.1) is 0 Å². The van der Waals surface area contributed by atoms with Crippen LogP contribution in [0.25, 0.3) is 0 Å². The van der Waals surface area contributed by atoms with Crippen LogP contribution in [0.5, 0.6) is 0 Å². The zero-order valence-corrected chi connectivity index (χ0v) is 14.5. The summed E-state index contributed by atoms with van der Waals surface area (Å²) >= 11 is -0.107. The normalized spacial score (nSPS) is 10.1. The highest BCUT2D eigenvalue weighted by atomic mass is 127. The standard InChI is InChI=1S/C17H16I.BF4/c1-4-10-16(11-5-1)12-6-3-9-15-18-17-13-7-2-8-14-17;2-1(3,4)5/h1-2,4-5,7-8,10-11,13-14H,3,6,12H2;/q+1;-1. The number of halogens is 5. The van der Waals surface area contributed by atoms with E-state index >= 15 is 0 Å². The molecule has 0 heterocycles. The second-order valence-electron chi connectivity index (χ2n) is 4.50. The van der Waals surface area contributed by atoms with Gasteiger partial charge in [-0.25, -0.2) is 0 Å². The molecule has 0 fully saturated rings. The fourth-order valence-electron chi connectivity index (χ4n) is 1.64. The van der Waals surface area contributed by atoms with Crippen LogP contribution in [-0.4, -0.2) is 7.25 Å². The summed E-state index contributed by atoms with van der Waals surface area (Å²) in [6.07, 6.45) is 3.32. The first kappa shape index (κ1) is 19.6. The van der Waals surface area contributed by atoms with Gasteiger partial charge >= 0.3 is 28.5 Å². The molecule has 0 N–H and O–H groups in total. The van der Waals surface area contributed by atoms with Gasteiger partial charge in [-0.2, -0.15) is 0 Å². The third-order valence-electron chi connectivity index (χ3n) is 2.57. The molecule has 122 valence electrons. The molecular formula is C17H16BF4I. The molecule has 0 aliphatic carbocycles. The van der Waals surface area contributed by atoms with E-state index < -0.39 is 7.25 Å². The minimum Gasteiger partial charge on any atom is -0.418 e. The van der Waals surface area contributed by atoms with Crippen molar-refractivity contribution in [2.45, 2.75) is 19.3 Å². The molecule has 0 bridgehead atoms. The van der Waals surface area contributed by atoms with Crippen LogP contribution in [0.3, 0.4) is 0 Å². The van der Waals surface area contributed by atoms with E-state index in [0.29, 0.717) is 0 Å². The maximum atomic E-state index is 9.75. The van der Waals surface area contributed by atoms with Gasteiger partial charge in [0.2, 0.25) is 3.57 Å². The highest BCUT2D eigenvalue weighted by Gasteiger charge is 2.20. The maximum Gasteiger partial charge on any atom is 0.673 e. The van der Waals surface area contributed by atoms with E-state index in [9.17, 15) is 17.3 Å². The second-order valence-corrected chi connectivity index (χ2v) is 6.82. The largest absolute Gasteiger partial charge is 0.673 e. The average Bonchev–Trinajstić information content (AvgIpc) is 2.51. The molecule has 0 saturated carbocycles. The Labute approximate surface area is 144 Å². The van der Waals surface area contributed by atoms with Gasteiger partial charge < -0.3 is 17.3 Å². The van der Waals surface area contributed by atoms with Crippen molar-refractivity contribution in [1.29, 1.82) is 0 Å². The number of aryl methyl sites for hydroxylation is 1. The maximum absolute atomic E-state index is 9.75. The summed E-state index contributed by atoms with van der Waals surface area (Å²) in [6, 6.07) is 21.2. The lowest BCUT2D eigenvalue weighted by atomic mass is 10.1. The number of hydrogen-bond donors (Lipinski definition) is 0. The number of hydrogen-bond acceptors (Lipinski definition) is 0. The summed E-state index contributed by atoms with van der Waals surface area (Å²) in [4.78, 5) is 0. The highest BCUT2D eigenvalue weighted by Crippen LogP contribution is 2.06. The molecule has 0 unspecified atom stereocenters. The van der Waals surface area contributed by atoms with Crippen molar-refractivity contribution in [2.75, 3.05) is 0 Å². The van der Waals surface area contributed by atoms with Crippen molar-refractivity contribution in [1.82, 2.24) is 0 Å². The Morgan fingerprint density at radius 3 is 1.91 bits per heavy atom. The SMILES string of the molecule is C(#C[I+]c1ccccc1)CCCc1ccccc1.F[B-](F)(F)F. The number of benzene rings is 2. The van der Waals surface area contributed by atoms with E-state index in [1.807, 2.05) is 0 Å². The fraction of sp³-hybridized carbons (Fsp3) is 0.176. The summed E-state index contributed by atoms with van der Waals surface area (Å²) in [5.74, 6) is 3.30. The predicted molar refractivity (Wildman–Crippen MR) is 82.5 cm³/mol. The topological polar surface area (TPSA) is 0 Å². The van der Waals surface area contributed by atoms with Gasteiger partial charge in [-0.05, 0) is 36.5 Å². The predicted octanol–water partition coefficient (Wildman–Crippen LogP) is 2.23. The molecule has 0 aliphatic rings. The van der Waals surface area contributed by atoms with Crippen molar-refractivity contribution in [3.8, 4) is 9.85 Å². The Morgan fingerprint density at radius 1 is 0.826 bits per heavy atom. The Kier molecular flexibility index (Phi) is 9.45. The van der Waals surface area contributed by atoms with Crippen molar-refractivity contribution in [2.24, 2.45) is 0 Å². The minimum absolute atomic E-state index is 0.107. The molecule has 0 saturated heterocycles. The zero-order chi connectivity index (χ0) is 17.0. The lowest BCUT2D eigenvalue weighted by Gasteiger charge is -1.96. The molecule has 2 aromatic rings. The summed E-state index contributed by atoms with van der Waals surface area (Å²) in [5.41, 5.74) is 1.41. The molecule has 0 nitrogen and oxygen atoms in total. The Balaban J connectivity index is 0.000000463. The van der Waals surface area contributed by atoms with Gasteiger partial charge in [0, 0.05) is 6.42 Å². The monoisotopic (exact) mass is 434 g/mol. The van der Waals surface area contributed by atoms with Crippen LogP contribution in [0.2, 0.25) is 0 Å². The van der Waals surface area contributed by atoms with Crippen LogP contribution in [0.4, 0.5) is 17.3 Å². The molecule has 0 aliphatic heterocycles. The van der Waals surface area contributed by atoms with Crippen LogP contribution >= 0.6 is 0 Å². The van der Waals surface area contributed by atoms with Crippen LogP contribution in [0.15, 0.2) is 60.7 Å². The van der Waals surface area contributed by atoms with Crippen molar-refractivity contribution in [3.63, 3.8) is 0 Å². The summed E-state index contributed by atoms with van der Waals surface area (Å²) < 4.78 is 43.8. The molecule has 0 amide bonds. The first-order valence-corrected chi connectivity index (χ1v) is 9.19. The van der Waals surface area contributed by atoms with E-state index in [1.165, 1.54) is 9.13 Å². The molecule has 0 aromatic heterocycles. The van der Waals surface area contributed by atoms with E-state index in [0.717, 1.165) is 19.3 Å². The van der Waals surface area contributed by atoms with Crippen molar-refractivity contribution >= 4 is 7.25 Å². The molecule has 23 heavy (non-hydrogen) atoms. The lowest BCUT2D eigenvalue weighted by Crippen LogP contribution is -3.59. The number of rotatable bonds is 4. The van der Waals surface area contributed by atoms with Crippen molar-refractivity contribution in [3.05, 3.63) is 69.8 Å². The molecular weight excluding hydrogens is 418 g/mol. The summed E-state index contributed by atoms with van der Waals surface area (Å²) in [6.45, 7) is 0. The molecule has 6 heteroatoms. The fourth-order valence-corrected chi connectivity index (χ4v) is 3.19. The summed E-state index contributed by atoms with van der Waals surface area (Å²) in [7, 11) is -6.00. The molecule has 0 spiro atoms. The second kappa shape index (κ2) is 11.1. The molecule has 0 radical (unpaired) electrons. The zero-order valence-electron chi connectivity index (χ0n) is 12.4. The smallest absolute Gasteiger partial charge is 0.418 e. The summed E-state index contributed by atoms with van der Waals surface area (Å²) in [5, 5.41) is 0. The van der Waals surface area contributed by atoms with Gasteiger partial charge in [-0.15, -0.1) is 0 Å². The molecule has 0 atom stereocenters. The first-order valence-electron chi connectivity index (χ1n) is 7.03. The van der Waals surface area contributed by atoms with Gasteiger partial charge in [0.25, 0.3) is 0 Å². The van der Waals surface area contributed by atoms with Crippen LogP contribution in [0.1, 0.15) is 18.4 Å². The highest BCUT2D eigenvalue weighted by molar-refractivity contribution is 6.50. The molecule has 2 rings (SSSR count). The van der Waals surface area contributed by atoms with Crippen LogP contribution in [0, 0.1) is 13.4 Å². The van der Waals surface area contributed by atoms with Crippen LogP contribution in [-0.2, 0) is 6.42 Å². The third kappa shape index (κ3) is 12.7. The van der Waals surface area contributed by atoms with Gasteiger partial charge in [0.1, 0.15) is 0 Å². The number of unbranched alkanes of at least 4 members (excludes halogenated alkanes) is 1. The Morgan fingerprint density at radius 2 is 1.35 bits per heavy atom. The third-order valence-corrected chi connectivity index (χ3v) is 4.56. The van der Waals surface area contributed by atoms with E-state index in [-0.39, 0.29) is 21.2 Å². The average molecular weight is 434 g/mol. The van der Waals surface area contributed by atoms with E-state index in [1.54, 1.807) is 0 Å². The van der Waals surface area contributed by atoms with E-state index in [4.69, 9.17) is 0 Å². The Hall–Kier alpha value is -1.49. The van der Waals surface area contributed by atoms with Gasteiger partial charge in [-0.1, -0.05) is 48.5 Å². The van der Waals surface area contributed by atoms with Gasteiger partial charge in [-0.3, -0.25) is 0 Å². The first-order chi connectivity index (χ1) is 10.9.